The van der Waals surface area contributed by atoms with E-state index in [0.29, 0.717) is 17.0 Å². The van der Waals surface area contributed by atoms with E-state index in [-0.39, 0.29) is 13.0 Å². The molecule has 0 aromatic heterocycles. The number of aliphatic carboxylic acids is 1. The van der Waals surface area contributed by atoms with Crippen molar-refractivity contribution in [3.8, 4) is 0 Å². The van der Waals surface area contributed by atoms with Crippen LogP contribution in [0.2, 0.25) is 5.02 Å². The average molecular weight is 215 g/mol. The van der Waals surface area contributed by atoms with Gasteiger partial charge in [0.1, 0.15) is 0 Å². The maximum absolute atomic E-state index is 10.3. The third-order valence-corrected chi connectivity index (χ3v) is 2.42. The molecule has 0 unspecified atom stereocenters. The van der Waals surface area contributed by atoms with Gasteiger partial charge in [-0.15, -0.1) is 0 Å². The van der Waals surface area contributed by atoms with E-state index >= 15 is 0 Å². The molecular weight excluding hydrogens is 204 g/mol. The normalized spacial score (nSPS) is 10.1. The van der Waals surface area contributed by atoms with Gasteiger partial charge in [-0.3, -0.25) is 4.79 Å². The van der Waals surface area contributed by atoms with Crippen LogP contribution in [0.5, 0.6) is 0 Å². The Hall–Kier alpha value is -1.06. The predicted octanol–water partition coefficient (Wildman–Crippen LogP) is 1.85. The minimum absolute atomic E-state index is 0.0502. The van der Waals surface area contributed by atoms with Crippen LogP contribution in [0.4, 0.5) is 0 Å². The molecule has 0 saturated heterocycles. The van der Waals surface area contributed by atoms with Crippen LogP contribution in [0.15, 0.2) is 18.2 Å². The van der Waals surface area contributed by atoms with Gasteiger partial charge in [-0.05, 0) is 17.5 Å². The molecule has 0 aliphatic rings. The van der Waals surface area contributed by atoms with Crippen LogP contribution in [0.3, 0.4) is 0 Å². The van der Waals surface area contributed by atoms with Crippen molar-refractivity contribution in [3.05, 3.63) is 34.3 Å². The maximum atomic E-state index is 10.3. The van der Waals surface area contributed by atoms with E-state index in [0.717, 1.165) is 5.56 Å². The Labute approximate surface area is 86.9 Å². The number of carbonyl (C=O) groups is 1. The molecule has 3 nitrogen and oxygen atoms in total. The molecule has 2 N–H and O–H groups in total. The Morgan fingerprint density at radius 1 is 1.36 bits per heavy atom. The van der Waals surface area contributed by atoms with Gasteiger partial charge in [-0.25, -0.2) is 0 Å². The summed E-state index contributed by atoms with van der Waals surface area (Å²) in [5, 5.41) is 17.9. The molecule has 0 spiro atoms. The maximum Gasteiger partial charge on any atom is 0.303 e. The largest absolute Gasteiger partial charge is 0.481 e. The van der Waals surface area contributed by atoms with Crippen molar-refractivity contribution in [1.29, 1.82) is 0 Å². The zero-order valence-corrected chi connectivity index (χ0v) is 8.29. The molecule has 0 heterocycles. The number of hydrogen-bond donors (Lipinski definition) is 2. The molecule has 0 atom stereocenters. The summed E-state index contributed by atoms with van der Waals surface area (Å²) >= 11 is 5.94. The number of hydrogen-bond acceptors (Lipinski definition) is 2. The van der Waals surface area contributed by atoms with Gasteiger partial charge in [0.15, 0.2) is 0 Å². The first kappa shape index (κ1) is 11.0. The lowest BCUT2D eigenvalue weighted by Gasteiger charge is -2.06. The molecule has 0 saturated carbocycles. The van der Waals surface area contributed by atoms with Crippen LogP contribution in [0.1, 0.15) is 17.5 Å². The van der Waals surface area contributed by atoms with E-state index in [1.54, 1.807) is 18.2 Å². The fourth-order valence-electron chi connectivity index (χ4n) is 1.19. The van der Waals surface area contributed by atoms with E-state index in [2.05, 4.69) is 0 Å². The quantitative estimate of drug-likeness (QED) is 0.804. The molecule has 76 valence electrons. The molecule has 0 radical (unpaired) electrons. The molecule has 1 rings (SSSR count). The first-order valence-corrected chi connectivity index (χ1v) is 4.62. The van der Waals surface area contributed by atoms with Gasteiger partial charge in [0, 0.05) is 11.4 Å². The lowest BCUT2D eigenvalue weighted by Crippen LogP contribution is -1.99. The van der Waals surface area contributed by atoms with Gasteiger partial charge in [0.25, 0.3) is 0 Å². The van der Waals surface area contributed by atoms with Crippen LogP contribution in [0.25, 0.3) is 0 Å². The SMILES string of the molecule is O=C(O)CCc1cccc(CO)c1Cl. The van der Waals surface area contributed by atoms with Crippen molar-refractivity contribution >= 4 is 17.6 Å². The number of benzene rings is 1. The van der Waals surface area contributed by atoms with Crippen LogP contribution >= 0.6 is 11.6 Å². The summed E-state index contributed by atoms with van der Waals surface area (Å²) < 4.78 is 0. The van der Waals surface area contributed by atoms with E-state index in [4.69, 9.17) is 21.8 Å². The van der Waals surface area contributed by atoms with Gasteiger partial charge in [-0.2, -0.15) is 0 Å². The number of halogens is 1. The summed E-state index contributed by atoms with van der Waals surface area (Å²) in [5.41, 5.74) is 1.40. The number of carboxylic acids is 1. The summed E-state index contributed by atoms with van der Waals surface area (Å²) in [5.74, 6) is -0.851. The Kier molecular flexibility index (Phi) is 3.92. The lowest BCUT2D eigenvalue weighted by molar-refractivity contribution is -0.136. The minimum atomic E-state index is -0.851. The fourth-order valence-corrected chi connectivity index (χ4v) is 1.47. The summed E-state index contributed by atoms with van der Waals surface area (Å²) in [7, 11) is 0. The van der Waals surface area contributed by atoms with E-state index in [1.165, 1.54) is 0 Å². The molecule has 14 heavy (non-hydrogen) atoms. The highest BCUT2D eigenvalue weighted by atomic mass is 35.5. The predicted molar refractivity (Wildman–Crippen MR) is 53.3 cm³/mol. The Balaban J connectivity index is 2.81. The molecule has 4 heteroatoms. The van der Waals surface area contributed by atoms with Crippen LogP contribution in [-0.4, -0.2) is 16.2 Å². The molecule has 0 aliphatic heterocycles. The van der Waals surface area contributed by atoms with Crippen LogP contribution in [0, 0.1) is 0 Å². The highest BCUT2D eigenvalue weighted by molar-refractivity contribution is 6.32. The van der Waals surface area contributed by atoms with Gasteiger partial charge < -0.3 is 10.2 Å². The Morgan fingerprint density at radius 3 is 2.57 bits per heavy atom. The molecule has 1 aromatic rings. The summed E-state index contributed by atoms with van der Waals surface area (Å²) in [6.45, 7) is -0.125. The third kappa shape index (κ3) is 2.72. The Bertz CT molecular complexity index is 336. The number of rotatable bonds is 4. The van der Waals surface area contributed by atoms with Crippen molar-refractivity contribution in [2.24, 2.45) is 0 Å². The lowest BCUT2D eigenvalue weighted by atomic mass is 10.1. The third-order valence-electron chi connectivity index (χ3n) is 1.94. The zero-order chi connectivity index (χ0) is 10.6. The fraction of sp³-hybridized carbons (Fsp3) is 0.300. The van der Waals surface area contributed by atoms with E-state index in [1.807, 2.05) is 0 Å². The molecule has 0 bridgehead atoms. The van der Waals surface area contributed by atoms with Crippen molar-refractivity contribution in [1.82, 2.24) is 0 Å². The molecular formula is C10H11ClO3. The molecule has 0 aliphatic carbocycles. The second-order valence-corrected chi connectivity index (χ2v) is 3.32. The summed E-state index contributed by atoms with van der Waals surface area (Å²) in [6, 6.07) is 5.24. The highest BCUT2D eigenvalue weighted by Gasteiger charge is 2.06. The van der Waals surface area contributed by atoms with Crippen LogP contribution < -0.4 is 0 Å². The van der Waals surface area contributed by atoms with Gasteiger partial charge in [0.2, 0.25) is 0 Å². The van der Waals surface area contributed by atoms with Crippen molar-refractivity contribution < 1.29 is 15.0 Å². The van der Waals surface area contributed by atoms with Gasteiger partial charge in [0.05, 0.1) is 6.61 Å². The van der Waals surface area contributed by atoms with Crippen molar-refractivity contribution in [2.45, 2.75) is 19.4 Å². The smallest absolute Gasteiger partial charge is 0.303 e. The number of aliphatic hydroxyl groups is 1. The first-order chi connectivity index (χ1) is 6.65. The second kappa shape index (κ2) is 4.98. The van der Waals surface area contributed by atoms with Gasteiger partial charge >= 0.3 is 5.97 Å². The topological polar surface area (TPSA) is 57.5 Å². The minimum Gasteiger partial charge on any atom is -0.481 e. The van der Waals surface area contributed by atoms with E-state index in [9.17, 15) is 4.79 Å². The number of carboxylic acid groups (broad SMARTS) is 1. The Morgan fingerprint density at radius 2 is 2.00 bits per heavy atom. The average Bonchev–Trinajstić information content (AvgIpc) is 2.16. The summed E-state index contributed by atoms with van der Waals surface area (Å²) in [6.07, 6.45) is 0.441. The number of aryl methyl sites for hydroxylation is 1. The van der Waals surface area contributed by atoms with Gasteiger partial charge in [-0.1, -0.05) is 29.8 Å². The molecule has 1 aromatic carbocycles. The molecule has 0 amide bonds. The highest BCUT2D eigenvalue weighted by Crippen LogP contribution is 2.22. The number of aliphatic hydroxyl groups excluding tert-OH is 1. The van der Waals surface area contributed by atoms with Crippen molar-refractivity contribution in [3.63, 3.8) is 0 Å². The van der Waals surface area contributed by atoms with Crippen molar-refractivity contribution in [2.75, 3.05) is 0 Å². The molecule has 0 fully saturated rings. The monoisotopic (exact) mass is 214 g/mol. The summed E-state index contributed by atoms with van der Waals surface area (Å²) in [4.78, 5) is 10.3. The van der Waals surface area contributed by atoms with Crippen LogP contribution in [-0.2, 0) is 17.8 Å². The van der Waals surface area contributed by atoms with E-state index < -0.39 is 5.97 Å². The first-order valence-electron chi connectivity index (χ1n) is 4.24. The zero-order valence-electron chi connectivity index (χ0n) is 7.53. The standard InChI is InChI=1S/C10H11ClO3/c11-10-7(4-5-9(13)14)2-1-3-8(10)6-12/h1-3,12H,4-6H2,(H,13,14). The second-order valence-electron chi connectivity index (χ2n) is 2.94.